The van der Waals surface area contributed by atoms with Crippen LogP contribution in [0, 0.1) is 5.92 Å². The molecule has 0 bridgehead atoms. The third-order valence-electron chi connectivity index (χ3n) is 9.53. The van der Waals surface area contributed by atoms with Crippen molar-refractivity contribution in [2.45, 2.75) is 44.4 Å². The van der Waals surface area contributed by atoms with Gasteiger partial charge in [-0.3, -0.25) is 19.3 Å². The maximum Gasteiger partial charge on any atom is 0.264 e. The normalized spacial score (nSPS) is 21.4. The molecule has 8 nitrogen and oxygen atoms in total. The summed E-state index contributed by atoms with van der Waals surface area (Å²) in [7, 11) is 0. The third-order valence-corrected chi connectivity index (χ3v) is 9.53. The van der Waals surface area contributed by atoms with Crippen LogP contribution >= 0.6 is 0 Å². The number of anilines is 3. The third kappa shape index (κ3) is 4.64. The van der Waals surface area contributed by atoms with Gasteiger partial charge in [0, 0.05) is 35.5 Å². The fourth-order valence-corrected chi connectivity index (χ4v) is 7.19. The van der Waals surface area contributed by atoms with E-state index in [9.17, 15) is 24.6 Å². The van der Waals surface area contributed by atoms with Gasteiger partial charge in [0.2, 0.25) is 5.91 Å². The van der Waals surface area contributed by atoms with E-state index in [1.54, 1.807) is 45.9 Å². The minimum atomic E-state index is -1.81. The number of para-hydroxylation sites is 1. The summed E-state index contributed by atoms with van der Waals surface area (Å²) in [6.45, 7) is 2.57. The highest BCUT2D eigenvalue weighted by atomic mass is 16.3. The van der Waals surface area contributed by atoms with Crippen molar-refractivity contribution in [3.05, 3.63) is 114 Å². The minimum absolute atomic E-state index is 0.0479. The quantitative estimate of drug-likeness (QED) is 0.262. The summed E-state index contributed by atoms with van der Waals surface area (Å²) in [5.41, 5.74) is 2.36. The molecule has 7 rings (SSSR count). The van der Waals surface area contributed by atoms with Gasteiger partial charge in [0.15, 0.2) is 5.60 Å². The Morgan fingerprint density at radius 3 is 2.58 bits per heavy atom. The van der Waals surface area contributed by atoms with Crippen LogP contribution in [0.2, 0.25) is 0 Å². The van der Waals surface area contributed by atoms with Crippen molar-refractivity contribution in [3.63, 3.8) is 0 Å². The summed E-state index contributed by atoms with van der Waals surface area (Å²) in [5, 5.41) is 23.5. The number of hydrogen-bond donors (Lipinski definition) is 2. The van der Waals surface area contributed by atoms with Gasteiger partial charge in [0.1, 0.15) is 0 Å². The smallest absolute Gasteiger partial charge is 0.264 e. The zero-order valence-electron chi connectivity index (χ0n) is 25.1. The van der Waals surface area contributed by atoms with Crippen LogP contribution in [0.3, 0.4) is 0 Å². The van der Waals surface area contributed by atoms with Crippen LogP contribution in [-0.4, -0.2) is 52.0 Å². The predicted octanol–water partition coefficient (Wildman–Crippen LogP) is 5.43. The molecule has 45 heavy (non-hydrogen) atoms. The summed E-state index contributed by atoms with van der Waals surface area (Å²) in [5.74, 6) is -1.21. The summed E-state index contributed by atoms with van der Waals surface area (Å²) in [6.07, 6.45) is 5.25. The molecule has 3 amide bonds. The van der Waals surface area contributed by atoms with Crippen molar-refractivity contribution < 1.29 is 24.6 Å². The molecule has 4 aromatic rings. The maximum absolute atomic E-state index is 14.1. The van der Waals surface area contributed by atoms with E-state index in [2.05, 4.69) is 0 Å². The average Bonchev–Trinajstić information content (AvgIpc) is 3.72. The Labute approximate surface area is 261 Å². The van der Waals surface area contributed by atoms with Crippen LogP contribution in [0.4, 0.5) is 17.1 Å². The van der Waals surface area contributed by atoms with Crippen LogP contribution < -0.4 is 9.80 Å². The van der Waals surface area contributed by atoms with E-state index in [4.69, 9.17) is 0 Å². The first-order chi connectivity index (χ1) is 21.8. The Bertz CT molecular complexity index is 1860. The highest BCUT2D eigenvalue weighted by Gasteiger charge is 2.52. The Morgan fingerprint density at radius 1 is 1.00 bits per heavy atom. The number of aliphatic hydroxyl groups excluding tert-OH is 1. The van der Waals surface area contributed by atoms with Crippen molar-refractivity contribution >= 4 is 45.6 Å². The van der Waals surface area contributed by atoms with E-state index in [1.807, 2.05) is 72.8 Å². The number of amides is 3. The van der Waals surface area contributed by atoms with Gasteiger partial charge in [-0.05, 0) is 54.1 Å². The van der Waals surface area contributed by atoms with Gasteiger partial charge in [-0.1, -0.05) is 73.7 Å². The van der Waals surface area contributed by atoms with E-state index in [-0.39, 0.29) is 37.4 Å². The van der Waals surface area contributed by atoms with Crippen LogP contribution in [0.5, 0.6) is 0 Å². The summed E-state index contributed by atoms with van der Waals surface area (Å²) >= 11 is 0. The molecule has 228 valence electrons. The zero-order valence-corrected chi connectivity index (χ0v) is 25.1. The molecule has 0 unspecified atom stereocenters. The summed E-state index contributed by atoms with van der Waals surface area (Å²) < 4.78 is 0. The number of fused-ring (bicyclic) bond motifs is 1. The fourth-order valence-electron chi connectivity index (χ4n) is 7.19. The first kappa shape index (κ1) is 29.0. The number of rotatable bonds is 8. The molecular formula is C37H35N3O5. The van der Waals surface area contributed by atoms with Gasteiger partial charge >= 0.3 is 0 Å². The molecule has 0 aliphatic carbocycles. The molecule has 0 saturated carbocycles. The zero-order chi connectivity index (χ0) is 31.3. The largest absolute Gasteiger partial charge is 0.394 e. The molecule has 3 atom stereocenters. The minimum Gasteiger partial charge on any atom is -0.394 e. The first-order valence-electron chi connectivity index (χ1n) is 15.5. The fraction of sp³-hybridized carbons (Fsp3) is 0.270. The van der Waals surface area contributed by atoms with E-state index < -0.39 is 17.4 Å². The number of aliphatic hydroxyl groups is 2. The molecule has 8 heteroatoms. The standard InChI is InChI=1S/C37H35N3O5/c1-24(9-4-19-33(42)38-20-8-14-28(38)23-41)37(45)30-16-2-3-17-31(30)39(36(37)44)22-25-10-5-13-27(21-25)40-32-18-7-12-26-11-6-15-29(34(26)32)35(40)43/h2-7,9-13,15-18,21,24,28,41,45H,8,14,19-20,22-23H2,1H3/b9-4+/t24-,28+,37+/m1/s1. The second-order valence-electron chi connectivity index (χ2n) is 12.2. The second-order valence-corrected chi connectivity index (χ2v) is 12.2. The second kappa shape index (κ2) is 11.3. The van der Waals surface area contributed by atoms with Crippen LogP contribution in [0.1, 0.15) is 47.7 Å². The van der Waals surface area contributed by atoms with E-state index in [0.29, 0.717) is 29.0 Å². The molecule has 0 radical (unpaired) electrons. The van der Waals surface area contributed by atoms with Crippen molar-refractivity contribution in [1.82, 2.24) is 4.90 Å². The molecular weight excluding hydrogens is 566 g/mol. The van der Waals surface area contributed by atoms with Gasteiger partial charge in [0.25, 0.3) is 11.8 Å². The van der Waals surface area contributed by atoms with Gasteiger partial charge in [0.05, 0.1) is 36.1 Å². The molecule has 2 N–H and O–H groups in total. The summed E-state index contributed by atoms with van der Waals surface area (Å²) in [6, 6.07) is 26.4. The number of nitrogens with zero attached hydrogens (tertiary/aromatic N) is 3. The van der Waals surface area contributed by atoms with Gasteiger partial charge < -0.3 is 20.0 Å². The van der Waals surface area contributed by atoms with Gasteiger partial charge in [-0.2, -0.15) is 0 Å². The molecule has 0 spiro atoms. The highest BCUT2D eigenvalue weighted by molar-refractivity contribution is 6.27. The van der Waals surface area contributed by atoms with E-state index >= 15 is 0 Å². The molecule has 1 fully saturated rings. The SMILES string of the molecule is C[C@H](/C=C/CC(=O)N1CCC[C@H]1CO)[C@@]1(O)C(=O)N(Cc2cccc(N3C(=O)c4cccc5cccc3c45)c2)c2ccccc21. The lowest BCUT2D eigenvalue weighted by Gasteiger charge is -2.28. The Balaban J connectivity index is 1.13. The van der Waals surface area contributed by atoms with Crippen molar-refractivity contribution in [2.24, 2.45) is 5.92 Å². The molecule has 3 aliphatic rings. The lowest BCUT2D eigenvalue weighted by Crippen LogP contribution is -2.44. The molecule has 4 aromatic carbocycles. The predicted molar refractivity (Wildman–Crippen MR) is 173 cm³/mol. The monoisotopic (exact) mass is 601 g/mol. The van der Waals surface area contributed by atoms with Crippen molar-refractivity contribution in [1.29, 1.82) is 0 Å². The molecule has 1 saturated heterocycles. The van der Waals surface area contributed by atoms with Crippen LogP contribution in [-0.2, 0) is 21.7 Å². The molecule has 3 heterocycles. The maximum atomic E-state index is 14.1. The molecule has 3 aliphatic heterocycles. The first-order valence-corrected chi connectivity index (χ1v) is 15.5. The van der Waals surface area contributed by atoms with Crippen molar-refractivity contribution in [3.8, 4) is 0 Å². The lowest BCUT2D eigenvalue weighted by atomic mass is 9.83. The molecule has 0 aromatic heterocycles. The van der Waals surface area contributed by atoms with Crippen molar-refractivity contribution in [2.75, 3.05) is 23.0 Å². The topological polar surface area (TPSA) is 101 Å². The summed E-state index contributed by atoms with van der Waals surface area (Å²) in [4.78, 5) is 45.4. The highest BCUT2D eigenvalue weighted by Crippen LogP contribution is 2.46. The van der Waals surface area contributed by atoms with E-state index in [1.165, 1.54) is 0 Å². The number of benzene rings is 4. The Morgan fingerprint density at radius 2 is 1.76 bits per heavy atom. The number of hydrogen-bond acceptors (Lipinski definition) is 5. The average molecular weight is 602 g/mol. The van der Waals surface area contributed by atoms with E-state index in [0.717, 1.165) is 34.9 Å². The lowest BCUT2D eigenvalue weighted by molar-refractivity contribution is -0.139. The number of carbonyl (C=O) groups is 3. The van der Waals surface area contributed by atoms with Gasteiger partial charge in [-0.15, -0.1) is 0 Å². The van der Waals surface area contributed by atoms with Gasteiger partial charge in [-0.25, -0.2) is 0 Å². The number of likely N-dealkylation sites (tertiary alicyclic amines) is 1. The number of carbonyl (C=O) groups excluding carboxylic acids is 3. The van der Waals surface area contributed by atoms with Crippen LogP contribution in [0.15, 0.2) is 97.1 Å². The Kier molecular flexibility index (Phi) is 7.26. The van der Waals surface area contributed by atoms with Crippen LogP contribution in [0.25, 0.3) is 10.8 Å². The Hall–Kier alpha value is -4.79.